The molecule has 0 amide bonds. The van der Waals surface area contributed by atoms with E-state index in [4.69, 9.17) is 5.11 Å². The van der Waals surface area contributed by atoms with Crippen LogP contribution in [0.4, 0.5) is 10.4 Å². The Hall–Kier alpha value is -3.20. The largest absolute Gasteiger partial charge is 0.480 e. The van der Waals surface area contributed by atoms with Gasteiger partial charge in [-0.3, -0.25) is 43.9 Å². The third-order valence-electron chi connectivity index (χ3n) is 5.56. The lowest BCUT2D eigenvalue weighted by molar-refractivity contribution is -0.384. The first-order valence-electron chi connectivity index (χ1n) is 10.9. The number of nitro benzene ring substituents is 1. The fourth-order valence-electron chi connectivity index (χ4n) is 3.85. The zero-order chi connectivity index (χ0) is 25.1. The van der Waals surface area contributed by atoms with Crippen LogP contribution in [-0.2, 0) is 20.8 Å². The third-order valence-corrected chi connectivity index (χ3v) is 5.56. The molecular formula is C21H32FN5O8. The zero-order valence-electron chi connectivity index (χ0n) is 19.2. The first-order valence-corrected chi connectivity index (χ1v) is 10.9. The molecule has 0 aromatic heterocycles. The quantitative estimate of drug-likeness (QED) is 0.212. The molecule has 1 aromatic carbocycles. The molecule has 1 heterocycles. The van der Waals surface area contributed by atoms with Gasteiger partial charge < -0.3 is 20.6 Å². The van der Waals surface area contributed by atoms with Crippen molar-refractivity contribution < 1.29 is 39.3 Å². The average molecular weight is 501 g/mol. The molecule has 1 saturated heterocycles. The normalized spacial score (nSPS) is 16.8. The topological polar surface area (TPSA) is 177 Å². The van der Waals surface area contributed by atoms with Crippen molar-refractivity contribution in [3.8, 4) is 0 Å². The number of nitro groups is 1. The van der Waals surface area contributed by atoms with Gasteiger partial charge in [0.25, 0.3) is 5.69 Å². The van der Waals surface area contributed by atoms with Crippen molar-refractivity contribution in [1.29, 1.82) is 0 Å². The fourth-order valence-corrected chi connectivity index (χ4v) is 3.85. The first-order chi connectivity index (χ1) is 16.1. The highest BCUT2D eigenvalue weighted by Gasteiger charge is 2.22. The Morgan fingerprint density at radius 2 is 1.31 bits per heavy atom. The lowest BCUT2D eigenvalue weighted by atomic mass is 10.0. The molecule has 1 aliphatic rings. The Balaban J connectivity index is 0.00000612. The molecule has 0 radical (unpaired) electrons. The van der Waals surface area contributed by atoms with Gasteiger partial charge in [-0.15, -0.1) is 0 Å². The molecule has 2 rings (SSSR count). The number of hydrogen-bond acceptors (Lipinski definition) is 9. The number of nitrogens with zero attached hydrogens (tertiary/aromatic N) is 4. The highest BCUT2D eigenvalue weighted by Crippen LogP contribution is 2.14. The van der Waals surface area contributed by atoms with E-state index in [1.54, 1.807) is 21.9 Å². The van der Waals surface area contributed by atoms with E-state index < -0.39 is 22.8 Å². The van der Waals surface area contributed by atoms with Crippen molar-refractivity contribution >= 4 is 23.6 Å². The molecule has 1 unspecified atom stereocenters. The molecule has 4 N–H and O–H groups in total. The molecule has 1 atom stereocenters. The second kappa shape index (κ2) is 14.9. The SMILES string of the molecule is O=C(O)CNC(Cc1ccc([N+](=O)[O-])cc1)CN1CCN(CC(=O)O)CCN(CC(=O)O)CC1.[18FH]. The number of hydrogen-bond donors (Lipinski definition) is 4. The molecule has 35 heavy (non-hydrogen) atoms. The Morgan fingerprint density at radius 1 is 0.857 bits per heavy atom. The Kier molecular flexibility index (Phi) is 12.7. The number of carboxylic acids is 3. The van der Waals surface area contributed by atoms with E-state index in [2.05, 4.69) is 10.2 Å². The number of nitrogens with one attached hydrogen (secondary N) is 1. The molecule has 196 valence electrons. The molecule has 1 aromatic rings. The van der Waals surface area contributed by atoms with Crippen LogP contribution in [-0.4, -0.2) is 124 Å². The number of carboxylic acid groups (broad SMARTS) is 3. The maximum atomic E-state index is 11.2. The summed E-state index contributed by atoms with van der Waals surface area (Å²) in [5.74, 6) is -2.94. The molecule has 13 nitrogen and oxygen atoms in total. The van der Waals surface area contributed by atoms with Crippen LogP contribution in [0.5, 0.6) is 0 Å². The summed E-state index contributed by atoms with van der Waals surface area (Å²) in [5.41, 5.74) is 0.772. The van der Waals surface area contributed by atoms with Gasteiger partial charge in [0, 0.05) is 64.0 Å². The highest BCUT2D eigenvalue weighted by molar-refractivity contribution is 5.69. The first kappa shape index (κ1) is 29.8. The van der Waals surface area contributed by atoms with Gasteiger partial charge in [-0.25, -0.2) is 0 Å². The highest BCUT2D eigenvalue weighted by atomic mass is 18.0. The summed E-state index contributed by atoms with van der Waals surface area (Å²) in [7, 11) is 0. The smallest absolute Gasteiger partial charge is 0.317 e. The van der Waals surface area contributed by atoms with Crippen LogP contribution < -0.4 is 5.32 Å². The van der Waals surface area contributed by atoms with E-state index in [9.17, 15) is 34.7 Å². The lowest BCUT2D eigenvalue weighted by Gasteiger charge is -2.29. The van der Waals surface area contributed by atoms with Gasteiger partial charge in [-0.1, -0.05) is 12.1 Å². The summed E-state index contributed by atoms with van der Waals surface area (Å²) in [6, 6.07) is 5.78. The zero-order valence-corrected chi connectivity index (χ0v) is 19.2. The fraction of sp³-hybridized carbons (Fsp3) is 0.571. The second-order valence-electron chi connectivity index (χ2n) is 8.24. The van der Waals surface area contributed by atoms with Crippen molar-refractivity contribution in [2.24, 2.45) is 0 Å². The van der Waals surface area contributed by atoms with Crippen molar-refractivity contribution in [3.05, 3.63) is 39.9 Å². The van der Waals surface area contributed by atoms with Crippen molar-refractivity contribution in [3.63, 3.8) is 0 Å². The standard InChI is InChI=1S/C21H31N5O8.FH/c27-19(28)12-22-17(11-16-1-3-18(4-2-16)26(33)34)13-23-5-7-24(14-20(29)30)9-10-25(8-6-23)15-21(31)32;/h1-4,17,22H,5-15H2,(H,27,28)(H,29,30)(H,31,32);1H/i;1-1. The van der Waals surface area contributed by atoms with E-state index in [-0.39, 0.29) is 36.1 Å². The maximum Gasteiger partial charge on any atom is 0.317 e. The van der Waals surface area contributed by atoms with Gasteiger partial charge >= 0.3 is 17.9 Å². The Bertz CT molecular complexity index is 829. The van der Waals surface area contributed by atoms with E-state index in [0.717, 1.165) is 5.56 Å². The van der Waals surface area contributed by atoms with Crippen LogP contribution in [0.1, 0.15) is 5.56 Å². The van der Waals surface area contributed by atoms with E-state index in [1.165, 1.54) is 12.1 Å². The summed E-state index contributed by atoms with van der Waals surface area (Å²) in [6.45, 7) is 2.71. The predicted molar refractivity (Wildman–Crippen MR) is 123 cm³/mol. The second-order valence-corrected chi connectivity index (χ2v) is 8.24. The number of aliphatic carboxylic acids is 3. The van der Waals surface area contributed by atoms with Crippen molar-refractivity contribution in [2.45, 2.75) is 12.5 Å². The molecule has 1 fully saturated rings. The number of benzene rings is 1. The average Bonchev–Trinajstić information content (AvgIpc) is 2.84. The van der Waals surface area contributed by atoms with E-state index >= 15 is 0 Å². The van der Waals surface area contributed by atoms with Crippen LogP contribution in [0.3, 0.4) is 0 Å². The van der Waals surface area contributed by atoms with Crippen molar-refractivity contribution in [1.82, 2.24) is 20.0 Å². The van der Waals surface area contributed by atoms with Crippen LogP contribution >= 0.6 is 0 Å². The minimum Gasteiger partial charge on any atom is -0.480 e. The van der Waals surface area contributed by atoms with Crippen LogP contribution in [0.15, 0.2) is 24.3 Å². The molecule has 0 spiro atoms. The van der Waals surface area contributed by atoms with Gasteiger partial charge in [0.1, 0.15) is 0 Å². The number of halogens is 1. The molecule has 0 bridgehead atoms. The minimum atomic E-state index is -1.02. The van der Waals surface area contributed by atoms with Gasteiger partial charge in [0.05, 0.1) is 24.6 Å². The summed E-state index contributed by atoms with van der Waals surface area (Å²) >= 11 is 0. The van der Waals surface area contributed by atoms with Crippen LogP contribution in [0.2, 0.25) is 0 Å². The number of carbonyl (C=O) groups is 3. The molecule has 0 aliphatic carbocycles. The summed E-state index contributed by atoms with van der Waals surface area (Å²) in [4.78, 5) is 49.5. The third kappa shape index (κ3) is 11.7. The number of rotatable bonds is 12. The maximum absolute atomic E-state index is 11.2. The number of non-ortho nitro benzene ring substituents is 1. The summed E-state index contributed by atoms with van der Waals surface area (Å²) in [5, 5.41) is 41.4. The van der Waals surface area contributed by atoms with E-state index in [0.29, 0.717) is 52.2 Å². The summed E-state index contributed by atoms with van der Waals surface area (Å²) in [6.07, 6.45) is 0.430. The van der Waals surface area contributed by atoms with Gasteiger partial charge in [-0.05, 0) is 12.0 Å². The monoisotopic (exact) mass is 500 g/mol. The Morgan fingerprint density at radius 3 is 1.71 bits per heavy atom. The van der Waals surface area contributed by atoms with Crippen LogP contribution in [0, 0.1) is 10.1 Å². The van der Waals surface area contributed by atoms with Gasteiger partial charge in [-0.2, -0.15) is 0 Å². The molecule has 14 heteroatoms. The van der Waals surface area contributed by atoms with Gasteiger partial charge in [0.2, 0.25) is 0 Å². The lowest BCUT2D eigenvalue weighted by Crippen LogP contribution is -2.47. The summed E-state index contributed by atoms with van der Waals surface area (Å²) < 4.78 is 0. The molecule has 0 saturated carbocycles. The predicted octanol–water partition coefficient (Wildman–Crippen LogP) is -0.579. The van der Waals surface area contributed by atoms with E-state index in [1.807, 2.05) is 0 Å². The molecule has 1 aliphatic heterocycles. The van der Waals surface area contributed by atoms with Crippen LogP contribution in [0.25, 0.3) is 0 Å². The van der Waals surface area contributed by atoms with Gasteiger partial charge in [0.15, 0.2) is 0 Å². The Labute approximate surface area is 201 Å². The van der Waals surface area contributed by atoms with Crippen molar-refractivity contribution in [2.75, 3.05) is 65.4 Å². The molecular weight excluding hydrogens is 468 g/mol. The minimum absolute atomic E-state index is 0.